The quantitative estimate of drug-likeness (QED) is 0.444. The van der Waals surface area contributed by atoms with Crippen LogP contribution in [0.1, 0.15) is 80.5 Å². The van der Waals surface area contributed by atoms with Gasteiger partial charge in [-0.1, -0.05) is 25.8 Å². The molecule has 7 nitrogen and oxygen atoms in total. The number of fused-ring (bicyclic) bond motifs is 1. The lowest BCUT2D eigenvalue weighted by Crippen LogP contribution is -2.38. The number of carbonyl (C=O) groups excluding carboxylic acids is 2. The van der Waals surface area contributed by atoms with Crippen LogP contribution in [0.25, 0.3) is 16.9 Å². The minimum atomic E-state index is -0.391. The number of amides is 1. The molecule has 190 valence electrons. The molecule has 0 unspecified atom stereocenters. The molecule has 36 heavy (non-hydrogen) atoms. The first-order valence-electron chi connectivity index (χ1n) is 13.1. The zero-order chi connectivity index (χ0) is 25.4. The van der Waals surface area contributed by atoms with Crippen LogP contribution in [0, 0.1) is 11.7 Å². The monoisotopic (exact) mass is 492 g/mol. The first-order valence-corrected chi connectivity index (χ1v) is 13.1. The maximum absolute atomic E-state index is 15.2. The van der Waals surface area contributed by atoms with Gasteiger partial charge in [0.1, 0.15) is 11.5 Å². The van der Waals surface area contributed by atoms with E-state index in [4.69, 9.17) is 4.74 Å². The molecule has 0 N–H and O–H groups in total. The lowest BCUT2D eigenvalue weighted by Gasteiger charge is -2.27. The van der Waals surface area contributed by atoms with Gasteiger partial charge in [-0.15, -0.1) is 0 Å². The van der Waals surface area contributed by atoms with Crippen molar-refractivity contribution in [1.29, 1.82) is 0 Å². The van der Waals surface area contributed by atoms with Crippen molar-refractivity contribution in [2.45, 2.75) is 71.3 Å². The smallest absolute Gasteiger partial charge is 0.309 e. The molecular weight excluding hydrogens is 459 g/mol. The second-order valence-electron chi connectivity index (χ2n) is 9.92. The van der Waals surface area contributed by atoms with Crippen LogP contribution in [0.3, 0.4) is 0 Å². The largest absolute Gasteiger partial charge is 0.466 e. The summed E-state index contributed by atoms with van der Waals surface area (Å²) in [6.07, 6.45) is 5.63. The van der Waals surface area contributed by atoms with Gasteiger partial charge in [0.25, 0.3) is 5.91 Å². The number of hydrogen-bond donors (Lipinski definition) is 0. The molecule has 3 atom stereocenters. The highest BCUT2D eigenvalue weighted by atomic mass is 19.1. The molecule has 0 radical (unpaired) electrons. The summed E-state index contributed by atoms with van der Waals surface area (Å²) in [5.41, 5.74) is 3.42. The van der Waals surface area contributed by atoms with E-state index < -0.39 is 5.82 Å². The molecule has 1 saturated carbocycles. The summed E-state index contributed by atoms with van der Waals surface area (Å²) >= 11 is 0. The fourth-order valence-electron chi connectivity index (χ4n) is 5.30. The highest BCUT2D eigenvalue weighted by molar-refractivity contribution is 5.93. The maximum Gasteiger partial charge on any atom is 0.309 e. The standard InChI is InChI=1S/C28H33FN4O3/c1-4-19-14-25(27(34)32-12-8-6-7-9-17(32)3)30-26-16-24(31-33(19)26)20-11-10-18(13-23(20)29)21-15-22(21)28(35)36-5-2/h10-11,13-14,16-17,21-22H,4-9,12,15H2,1-3H3/t17-,21+,22+/m1/s1. The lowest BCUT2D eigenvalue weighted by atomic mass is 10.0. The van der Waals surface area contributed by atoms with Crippen molar-refractivity contribution in [3.63, 3.8) is 0 Å². The third-order valence-corrected chi connectivity index (χ3v) is 7.47. The minimum absolute atomic E-state index is 0.00280. The Hall–Kier alpha value is -3.29. The summed E-state index contributed by atoms with van der Waals surface area (Å²) in [6, 6.07) is 8.79. The van der Waals surface area contributed by atoms with Crippen LogP contribution in [0.2, 0.25) is 0 Å². The number of ether oxygens (including phenoxy) is 1. The second kappa shape index (κ2) is 9.99. The molecule has 1 aromatic carbocycles. The molecule has 2 aromatic heterocycles. The number of hydrogen-bond acceptors (Lipinski definition) is 5. The number of likely N-dealkylation sites (tertiary alicyclic amines) is 1. The molecule has 5 rings (SSSR count). The van der Waals surface area contributed by atoms with E-state index in [0.717, 1.165) is 43.5 Å². The van der Waals surface area contributed by atoms with Gasteiger partial charge < -0.3 is 9.64 Å². The Morgan fingerprint density at radius 2 is 1.97 bits per heavy atom. The van der Waals surface area contributed by atoms with Crippen molar-refractivity contribution in [2.75, 3.05) is 13.2 Å². The molecule has 2 aliphatic rings. The number of esters is 1. The number of halogens is 1. The molecule has 8 heteroatoms. The Bertz CT molecular complexity index is 1300. The molecule has 3 heterocycles. The molecule has 0 spiro atoms. The number of carbonyl (C=O) groups is 2. The third-order valence-electron chi connectivity index (χ3n) is 7.47. The first-order chi connectivity index (χ1) is 17.4. The van der Waals surface area contributed by atoms with Crippen molar-refractivity contribution >= 4 is 17.5 Å². The summed E-state index contributed by atoms with van der Waals surface area (Å²) in [5, 5.41) is 4.63. The normalized spacial score (nSPS) is 21.9. The maximum atomic E-state index is 15.2. The number of aromatic nitrogens is 3. The Kier molecular flexibility index (Phi) is 6.77. The average Bonchev–Trinajstić information content (AvgIpc) is 3.61. The van der Waals surface area contributed by atoms with Crippen LogP contribution in [-0.4, -0.2) is 50.6 Å². The van der Waals surface area contributed by atoms with E-state index in [1.165, 1.54) is 6.07 Å². The molecule has 1 saturated heterocycles. The summed E-state index contributed by atoms with van der Waals surface area (Å²) in [6.45, 7) is 6.98. The summed E-state index contributed by atoms with van der Waals surface area (Å²) in [4.78, 5) is 31.9. The highest BCUT2D eigenvalue weighted by Gasteiger charge is 2.45. The van der Waals surface area contributed by atoms with Crippen molar-refractivity contribution in [3.05, 3.63) is 53.1 Å². The lowest BCUT2D eigenvalue weighted by molar-refractivity contribution is -0.144. The van der Waals surface area contributed by atoms with Gasteiger partial charge in [0, 0.05) is 29.9 Å². The molecule has 3 aromatic rings. The molecule has 1 aliphatic carbocycles. The Morgan fingerprint density at radius 3 is 2.72 bits per heavy atom. The fourth-order valence-corrected chi connectivity index (χ4v) is 5.30. The Morgan fingerprint density at radius 1 is 1.14 bits per heavy atom. The van der Waals surface area contributed by atoms with E-state index in [-0.39, 0.29) is 29.8 Å². The van der Waals surface area contributed by atoms with E-state index in [1.54, 1.807) is 23.6 Å². The van der Waals surface area contributed by atoms with Gasteiger partial charge in [0.05, 0.1) is 18.2 Å². The van der Waals surface area contributed by atoms with Crippen molar-refractivity contribution in [3.8, 4) is 11.3 Å². The molecule has 2 fully saturated rings. The summed E-state index contributed by atoms with van der Waals surface area (Å²) in [5.74, 6) is -0.856. The van der Waals surface area contributed by atoms with Gasteiger partial charge in [-0.05, 0) is 69.2 Å². The van der Waals surface area contributed by atoms with E-state index in [0.29, 0.717) is 42.0 Å². The number of rotatable bonds is 6. The third kappa shape index (κ3) is 4.61. The topological polar surface area (TPSA) is 76.8 Å². The van der Waals surface area contributed by atoms with Crippen molar-refractivity contribution in [1.82, 2.24) is 19.5 Å². The number of aryl methyl sites for hydroxylation is 1. The van der Waals surface area contributed by atoms with Crippen molar-refractivity contribution < 1.29 is 18.7 Å². The average molecular weight is 493 g/mol. The minimum Gasteiger partial charge on any atom is -0.466 e. The van der Waals surface area contributed by atoms with Crippen LogP contribution >= 0.6 is 0 Å². The zero-order valence-electron chi connectivity index (χ0n) is 21.2. The van der Waals surface area contributed by atoms with Gasteiger partial charge in [0.15, 0.2) is 5.65 Å². The van der Waals surface area contributed by atoms with E-state index >= 15 is 4.39 Å². The van der Waals surface area contributed by atoms with E-state index in [1.807, 2.05) is 24.0 Å². The van der Waals surface area contributed by atoms with Gasteiger partial charge in [0.2, 0.25) is 0 Å². The predicted molar refractivity (Wildman–Crippen MR) is 134 cm³/mol. The van der Waals surface area contributed by atoms with Crippen LogP contribution < -0.4 is 0 Å². The fraction of sp³-hybridized carbons (Fsp3) is 0.500. The van der Waals surface area contributed by atoms with Gasteiger partial charge >= 0.3 is 5.97 Å². The Balaban J connectivity index is 1.43. The molecule has 1 aliphatic heterocycles. The van der Waals surface area contributed by atoms with E-state index in [2.05, 4.69) is 17.0 Å². The SMILES string of the molecule is CCOC(=O)[C@H]1C[C@H]1c1ccc(-c2cc3nc(C(=O)N4CCCCC[C@H]4C)cc(CC)n3n2)c(F)c1. The van der Waals surface area contributed by atoms with Crippen molar-refractivity contribution in [2.24, 2.45) is 5.92 Å². The number of benzene rings is 1. The zero-order valence-corrected chi connectivity index (χ0v) is 21.2. The molecule has 1 amide bonds. The first kappa shape index (κ1) is 24.4. The van der Waals surface area contributed by atoms with Crippen LogP contribution in [-0.2, 0) is 16.0 Å². The Labute approximate surface area is 210 Å². The van der Waals surface area contributed by atoms with Gasteiger partial charge in [-0.3, -0.25) is 9.59 Å². The molecule has 0 bridgehead atoms. The summed E-state index contributed by atoms with van der Waals surface area (Å²) in [7, 11) is 0. The van der Waals surface area contributed by atoms with Gasteiger partial charge in [-0.25, -0.2) is 13.9 Å². The van der Waals surface area contributed by atoms with Gasteiger partial charge in [-0.2, -0.15) is 5.10 Å². The second-order valence-corrected chi connectivity index (χ2v) is 9.92. The van der Waals surface area contributed by atoms with Crippen LogP contribution in [0.15, 0.2) is 30.3 Å². The highest BCUT2D eigenvalue weighted by Crippen LogP contribution is 2.48. The number of nitrogens with zero attached hydrogens (tertiary/aromatic N) is 4. The molecular formula is C28H33FN4O3. The van der Waals surface area contributed by atoms with Crippen LogP contribution in [0.5, 0.6) is 0 Å². The predicted octanol–water partition coefficient (Wildman–Crippen LogP) is 5.17. The summed E-state index contributed by atoms with van der Waals surface area (Å²) < 4.78 is 22.0. The van der Waals surface area contributed by atoms with Crippen LogP contribution in [0.4, 0.5) is 4.39 Å². The van der Waals surface area contributed by atoms with E-state index in [9.17, 15) is 9.59 Å².